The van der Waals surface area contributed by atoms with Gasteiger partial charge in [-0.1, -0.05) is 53.5 Å². The lowest BCUT2D eigenvalue weighted by Gasteiger charge is -2.17. The van der Waals surface area contributed by atoms with Gasteiger partial charge in [-0.25, -0.2) is 0 Å². The van der Waals surface area contributed by atoms with Crippen molar-refractivity contribution in [1.82, 2.24) is 36.0 Å². The quantitative estimate of drug-likeness (QED) is 0.0678. The Morgan fingerprint density at radius 2 is 1.46 bits per heavy atom. The Bertz CT molecular complexity index is 2700. The van der Waals surface area contributed by atoms with Gasteiger partial charge in [-0.2, -0.15) is 10.4 Å². The van der Waals surface area contributed by atoms with Crippen LogP contribution in [0.1, 0.15) is 64.6 Å². The van der Waals surface area contributed by atoms with Crippen molar-refractivity contribution in [2.24, 2.45) is 0 Å². The maximum absolute atomic E-state index is 11.7. The maximum atomic E-state index is 11.7. The summed E-state index contributed by atoms with van der Waals surface area (Å²) in [7, 11) is 1.63. The predicted molar refractivity (Wildman–Crippen MR) is 242 cm³/mol. The van der Waals surface area contributed by atoms with Crippen LogP contribution in [0.4, 0.5) is 0 Å². The van der Waals surface area contributed by atoms with Gasteiger partial charge in [-0.3, -0.25) is 19.3 Å². The molecule has 2 fully saturated rings. The number of aromatic nitrogens is 3. The minimum atomic E-state index is 0.0721. The van der Waals surface area contributed by atoms with E-state index in [2.05, 4.69) is 63.5 Å². The molecule has 2 amide bonds. The number of pyridine rings is 1. The first-order valence-corrected chi connectivity index (χ1v) is 21.7. The van der Waals surface area contributed by atoms with Crippen molar-refractivity contribution in [2.45, 2.75) is 77.5 Å². The molecule has 6 aromatic rings. The van der Waals surface area contributed by atoms with E-state index >= 15 is 0 Å². The van der Waals surface area contributed by atoms with E-state index in [1.54, 1.807) is 19.4 Å². The standard InChI is InChI=1S/C48H48Cl2N8O5/c1-29-32(28-63-46-17-44(61-2)33(15-42(46)50)21-53-23-36-9-11-47(59)56-36)5-3-6-38(29)39-7-4-8-43-40(39)25-55-58(43)26-35-16-45(62-27-31-13-30(18-51)19-52-20-31)34(14-41(35)49)22-54-24-37-10-12-48(60)57-37/h3-8,13-17,19-20,25,36-37,53-54H,9-12,21-24,26-28H2,1-2H3,(H,56,59)(H,57,60)/t36-,37-/m0/s1. The minimum absolute atomic E-state index is 0.0721. The van der Waals surface area contributed by atoms with Gasteiger partial charge in [0.25, 0.3) is 0 Å². The van der Waals surface area contributed by atoms with Crippen molar-refractivity contribution in [2.75, 3.05) is 20.2 Å². The Kier molecular flexibility index (Phi) is 13.7. The molecule has 0 saturated carbocycles. The van der Waals surface area contributed by atoms with Crippen LogP contribution in [0.25, 0.3) is 22.0 Å². The second-order valence-electron chi connectivity index (χ2n) is 15.9. The summed E-state index contributed by atoms with van der Waals surface area (Å²) in [4.78, 5) is 27.5. The summed E-state index contributed by atoms with van der Waals surface area (Å²) in [5, 5.41) is 29.1. The Morgan fingerprint density at radius 1 is 0.778 bits per heavy atom. The van der Waals surface area contributed by atoms with Crippen LogP contribution in [0.2, 0.25) is 10.0 Å². The molecule has 13 nitrogen and oxygen atoms in total. The molecule has 4 N–H and O–H groups in total. The number of halogens is 2. The third kappa shape index (κ3) is 10.4. The molecular weight excluding hydrogens is 839 g/mol. The highest BCUT2D eigenvalue weighted by atomic mass is 35.5. The summed E-state index contributed by atoms with van der Waals surface area (Å²) < 4.78 is 20.4. The molecule has 8 rings (SSSR count). The summed E-state index contributed by atoms with van der Waals surface area (Å²) in [5.41, 5.74) is 8.93. The summed E-state index contributed by atoms with van der Waals surface area (Å²) in [5.74, 6) is 1.99. The molecule has 2 aliphatic heterocycles. The van der Waals surface area contributed by atoms with Gasteiger partial charge in [0.1, 0.15) is 36.5 Å². The van der Waals surface area contributed by atoms with Gasteiger partial charge in [0.2, 0.25) is 11.8 Å². The number of nitrogens with zero attached hydrogens (tertiary/aromatic N) is 4. The SMILES string of the molecule is COc1cc(OCc2cccc(-c3cccc4c3cnn4Cc3cc(OCc4cncc(C#N)c4)c(CNC[C@@H]4CCC(=O)N4)cc3Cl)c2C)c(Cl)cc1CNC[C@@H]1CCC(=O)N1. The molecule has 2 aromatic heterocycles. The number of ether oxygens (including phenoxy) is 3. The van der Waals surface area contributed by atoms with E-state index in [1.165, 1.54) is 6.20 Å². The molecule has 2 aliphatic rings. The lowest BCUT2D eigenvalue weighted by atomic mass is 9.94. The molecule has 0 bridgehead atoms. The van der Waals surface area contributed by atoms with Crippen LogP contribution in [0, 0.1) is 18.3 Å². The molecule has 0 aliphatic carbocycles. The molecule has 2 atom stereocenters. The number of methoxy groups -OCH3 is 1. The van der Waals surface area contributed by atoms with Gasteiger partial charge in [-0.15, -0.1) is 0 Å². The first-order valence-electron chi connectivity index (χ1n) is 21.0. The number of hydrogen-bond donors (Lipinski definition) is 4. The summed E-state index contributed by atoms with van der Waals surface area (Å²) in [6, 6.07) is 24.0. The Balaban J connectivity index is 0.986. The summed E-state index contributed by atoms with van der Waals surface area (Å²) in [6.45, 7) is 5.28. The van der Waals surface area contributed by atoms with Gasteiger partial charge in [0.05, 0.1) is 36.0 Å². The third-order valence-electron chi connectivity index (χ3n) is 11.6. The lowest BCUT2D eigenvalue weighted by Crippen LogP contribution is -2.35. The highest BCUT2D eigenvalue weighted by Gasteiger charge is 2.22. The van der Waals surface area contributed by atoms with Crippen LogP contribution in [-0.2, 0) is 42.4 Å². The van der Waals surface area contributed by atoms with E-state index in [0.29, 0.717) is 85.0 Å². The monoisotopic (exact) mass is 886 g/mol. The largest absolute Gasteiger partial charge is 0.496 e. The number of nitriles is 1. The first-order chi connectivity index (χ1) is 30.6. The van der Waals surface area contributed by atoms with Crippen LogP contribution in [-0.4, -0.2) is 58.9 Å². The molecule has 2 saturated heterocycles. The van der Waals surface area contributed by atoms with Crippen LogP contribution >= 0.6 is 23.2 Å². The van der Waals surface area contributed by atoms with Gasteiger partial charge in [-0.05, 0) is 77.9 Å². The molecule has 0 unspecified atom stereocenters. The Labute approximate surface area is 376 Å². The van der Waals surface area contributed by atoms with Crippen molar-refractivity contribution < 1.29 is 23.8 Å². The number of nitrogens with one attached hydrogen (secondary N) is 4. The average Bonchev–Trinajstić information content (AvgIpc) is 4.03. The van der Waals surface area contributed by atoms with Crippen molar-refractivity contribution in [3.63, 3.8) is 0 Å². The second kappa shape index (κ2) is 19.9. The van der Waals surface area contributed by atoms with Gasteiger partial charge in [0.15, 0.2) is 0 Å². The lowest BCUT2D eigenvalue weighted by molar-refractivity contribution is -0.120. The topological polar surface area (TPSA) is 164 Å². The first kappa shape index (κ1) is 43.5. The summed E-state index contributed by atoms with van der Waals surface area (Å²) in [6.07, 6.45) is 7.81. The van der Waals surface area contributed by atoms with Crippen LogP contribution in [0.3, 0.4) is 0 Å². The molecule has 0 spiro atoms. The van der Waals surface area contributed by atoms with E-state index in [-0.39, 0.29) is 30.5 Å². The van der Waals surface area contributed by atoms with Gasteiger partial charge < -0.3 is 35.5 Å². The van der Waals surface area contributed by atoms with E-state index in [0.717, 1.165) is 68.3 Å². The number of rotatable bonds is 18. The number of carbonyl (C=O) groups excluding carboxylic acids is 2. The second-order valence-corrected chi connectivity index (χ2v) is 16.7. The van der Waals surface area contributed by atoms with Crippen molar-refractivity contribution in [1.29, 1.82) is 5.26 Å². The van der Waals surface area contributed by atoms with Crippen molar-refractivity contribution >= 4 is 45.9 Å². The number of hydrogen-bond acceptors (Lipinski definition) is 10. The van der Waals surface area contributed by atoms with Crippen LogP contribution in [0.15, 0.2) is 85.3 Å². The van der Waals surface area contributed by atoms with Crippen molar-refractivity contribution in [3.8, 4) is 34.4 Å². The number of carbonyl (C=O) groups is 2. The van der Waals surface area contributed by atoms with Crippen molar-refractivity contribution in [3.05, 3.63) is 134 Å². The molecule has 4 heterocycles. The van der Waals surface area contributed by atoms with Gasteiger partial charge >= 0.3 is 0 Å². The van der Waals surface area contributed by atoms with Crippen LogP contribution < -0.4 is 35.5 Å². The predicted octanol–water partition coefficient (Wildman–Crippen LogP) is 7.54. The fourth-order valence-corrected chi connectivity index (χ4v) is 8.66. The molecule has 324 valence electrons. The van der Waals surface area contributed by atoms with E-state index < -0.39 is 0 Å². The third-order valence-corrected chi connectivity index (χ3v) is 12.2. The molecule has 0 radical (unpaired) electrons. The highest BCUT2D eigenvalue weighted by Crippen LogP contribution is 2.36. The summed E-state index contributed by atoms with van der Waals surface area (Å²) >= 11 is 13.8. The maximum Gasteiger partial charge on any atom is 0.220 e. The fraction of sp³-hybridized carbons (Fsp3) is 0.312. The highest BCUT2D eigenvalue weighted by molar-refractivity contribution is 6.32. The number of fused-ring (bicyclic) bond motifs is 1. The fourth-order valence-electron chi connectivity index (χ4n) is 8.17. The number of benzene rings is 4. The molecule has 15 heteroatoms. The molecule has 4 aromatic carbocycles. The number of amides is 2. The minimum Gasteiger partial charge on any atom is -0.496 e. The smallest absolute Gasteiger partial charge is 0.220 e. The van der Waals surface area contributed by atoms with E-state index in [4.69, 9.17) is 42.5 Å². The van der Waals surface area contributed by atoms with E-state index in [1.807, 2.05) is 47.3 Å². The van der Waals surface area contributed by atoms with E-state index in [9.17, 15) is 14.9 Å². The normalized spacial score (nSPS) is 15.9. The Morgan fingerprint density at radius 3 is 2.16 bits per heavy atom. The zero-order valence-corrected chi connectivity index (χ0v) is 36.6. The molecule has 63 heavy (non-hydrogen) atoms. The zero-order chi connectivity index (χ0) is 43.9. The Hall–Kier alpha value is -6.17. The molecular formula is C48H48Cl2N8O5. The van der Waals surface area contributed by atoms with Gasteiger partial charge in [0, 0.05) is 96.7 Å². The zero-order valence-electron chi connectivity index (χ0n) is 35.1. The average molecular weight is 888 g/mol. The van der Waals surface area contributed by atoms with Crippen LogP contribution in [0.5, 0.6) is 17.2 Å².